The zero-order chi connectivity index (χ0) is 13.7. The van der Waals surface area contributed by atoms with Crippen molar-refractivity contribution in [3.8, 4) is 0 Å². The molecular weight excluding hydrogens is 240 g/mol. The van der Waals surface area contributed by atoms with Crippen molar-refractivity contribution in [1.82, 2.24) is 15.2 Å². The number of carbonyl (C=O) groups is 1. The molecular formula is C14H22N4O. The Labute approximate surface area is 114 Å². The SMILES string of the molecule is CNc1ncccc1CN1CCC(NC(C)=O)CC1. The third-order valence-electron chi connectivity index (χ3n) is 3.52. The van der Waals surface area contributed by atoms with Crippen LogP contribution in [-0.4, -0.2) is 42.0 Å². The van der Waals surface area contributed by atoms with Gasteiger partial charge in [-0.2, -0.15) is 0 Å². The van der Waals surface area contributed by atoms with Crippen molar-refractivity contribution in [3.63, 3.8) is 0 Å². The highest BCUT2D eigenvalue weighted by atomic mass is 16.1. The average molecular weight is 262 g/mol. The third-order valence-corrected chi connectivity index (χ3v) is 3.52. The van der Waals surface area contributed by atoms with E-state index in [1.54, 1.807) is 13.1 Å². The number of likely N-dealkylation sites (tertiary alicyclic amines) is 1. The summed E-state index contributed by atoms with van der Waals surface area (Å²) in [5.74, 6) is 1.02. The molecule has 5 heteroatoms. The number of hydrogen-bond donors (Lipinski definition) is 2. The first kappa shape index (κ1) is 13.8. The van der Waals surface area contributed by atoms with E-state index in [-0.39, 0.29) is 5.91 Å². The van der Waals surface area contributed by atoms with Crippen LogP contribution in [0.25, 0.3) is 0 Å². The highest BCUT2D eigenvalue weighted by Crippen LogP contribution is 2.17. The smallest absolute Gasteiger partial charge is 0.217 e. The third kappa shape index (κ3) is 3.92. The van der Waals surface area contributed by atoms with Crippen LogP contribution in [0.5, 0.6) is 0 Å². The molecule has 0 unspecified atom stereocenters. The molecule has 5 nitrogen and oxygen atoms in total. The predicted octanol–water partition coefficient (Wildman–Crippen LogP) is 1.22. The van der Waals surface area contributed by atoms with Gasteiger partial charge in [-0.05, 0) is 18.9 Å². The van der Waals surface area contributed by atoms with Gasteiger partial charge in [0.05, 0.1) is 0 Å². The Bertz CT molecular complexity index is 427. The molecule has 1 amide bonds. The standard InChI is InChI=1S/C14H22N4O/c1-11(19)17-13-5-8-18(9-6-13)10-12-4-3-7-16-14(12)15-2/h3-4,7,13H,5-6,8-10H2,1-2H3,(H,15,16)(H,17,19). The van der Waals surface area contributed by atoms with Crippen LogP contribution in [0.15, 0.2) is 18.3 Å². The van der Waals surface area contributed by atoms with E-state index in [0.717, 1.165) is 38.3 Å². The first-order valence-electron chi connectivity index (χ1n) is 6.80. The number of hydrogen-bond acceptors (Lipinski definition) is 4. The van der Waals surface area contributed by atoms with Gasteiger partial charge in [-0.15, -0.1) is 0 Å². The summed E-state index contributed by atoms with van der Waals surface area (Å²) in [7, 11) is 1.90. The summed E-state index contributed by atoms with van der Waals surface area (Å²) < 4.78 is 0. The molecule has 0 aliphatic carbocycles. The van der Waals surface area contributed by atoms with Crippen LogP contribution in [0.3, 0.4) is 0 Å². The van der Waals surface area contributed by atoms with E-state index in [1.807, 2.05) is 13.1 Å². The first-order chi connectivity index (χ1) is 9.19. The van der Waals surface area contributed by atoms with Crippen LogP contribution in [0.2, 0.25) is 0 Å². The first-order valence-corrected chi connectivity index (χ1v) is 6.80. The van der Waals surface area contributed by atoms with E-state index in [2.05, 4.69) is 26.6 Å². The zero-order valence-electron chi connectivity index (χ0n) is 11.6. The maximum absolute atomic E-state index is 11.0. The van der Waals surface area contributed by atoms with E-state index < -0.39 is 0 Å². The summed E-state index contributed by atoms with van der Waals surface area (Å²) in [6.07, 6.45) is 3.85. The number of nitrogens with one attached hydrogen (secondary N) is 2. The Morgan fingerprint density at radius 3 is 2.84 bits per heavy atom. The van der Waals surface area contributed by atoms with Gasteiger partial charge in [0.25, 0.3) is 0 Å². The monoisotopic (exact) mass is 262 g/mol. The van der Waals surface area contributed by atoms with Gasteiger partial charge < -0.3 is 10.6 Å². The molecule has 0 bridgehead atoms. The van der Waals surface area contributed by atoms with Crippen LogP contribution >= 0.6 is 0 Å². The fourth-order valence-electron chi connectivity index (χ4n) is 2.56. The quantitative estimate of drug-likeness (QED) is 0.857. The number of rotatable bonds is 4. The second kappa shape index (κ2) is 6.52. The van der Waals surface area contributed by atoms with Crippen LogP contribution in [0.4, 0.5) is 5.82 Å². The van der Waals surface area contributed by atoms with Crippen molar-refractivity contribution in [2.24, 2.45) is 0 Å². The number of carbonyl (C=O) groups excluding carboxylic acids is 1. The van der Waals surface area contributed by atoms with E-state index in [9.17, 15) is 4.79 Å². The van der Waals surface area contributed by atoms with Gasteiger partial charge in [-0.1, -0.05) is 6.07 Å². The topological polar surface area (TPSA) is 57.3 Å². The molecule has 1 aliphatic heterocycles. The molecule has 1 saturated heterocycles. The van der Waals surface area contributed by atoms with E-state index in [0.29, 0.717) is 6.04 Å². The zero-order valence-corrected chi connectivity index (χ0v) is 11.6. The Morgan fingerprint density at radius 1 is 1.47 bits per heavy atom. The Kier molecular flexibility index (Phi) is 4.74. The Balaban J connectivity index is 1.87. The number of pyridine rings is 1. The number of anilines is 1. The number of piperidine rings is 1. The molecule has 1 aromatic rings. The molecule has 2 heterocycles. The fraction of sp³-hybridized carbons (Fsp3) is 0.571. The molecule has 1 fully saturated rings. The second-order valence-electron chi connectivity index (χ2n) is 5.01. The summed E-state index contributed by atoms with van der Waals surface area (Å²) in [5, 5.41) is 6.12. The molecule has 0 atom stereocenters. The minimum atomic E-state index is 0.0724. The van der Waals surface area contributed by atoms with Gasteiger partial charge in [-0.3, -0.25) is 9.69 Å². The lowest BCUT2D eigenvalue weighted by molar-refractivity contribution is -0.119. The van der Waals surface area contributed by atoms with Gasteiger partial charge in [-0.25, -0.2) is 4.98 Å². The molecule has 0 saturated carbocycles. The molecule has 104 valence electrons. The van der Waals surface area contributed by atoms with Crippen molar-refractivity contribution < 1.29 is 4.79 Å². The Hall–Kier alpha value is -1.62. The van der Waals surface area contributed by atoms with Crippen molar-refractivity contribution in [3.05, 3.63) is 23.9 Å². The summed E-state index contributed by atoms with van der Waals surface area (Å²) >= 11 is 0. The van der Waals surface area contributed by atoms with Gasteiger partial charge >= 0.3 is 0 Å². The maximum Gasteiger partial charge on any atom is 0.217 e. The summed E-state index contributed by atoms with van der Waals surface area (Å²) in [4.78, 5) is 17.8. The maximum atomic E-state index is 11.0. The molecule has 0 aromatic carbocycles. The van der Waals surface area contributed by atoms with Crippen LogP contribution in [0.1, 0.15) is 25.3 Å². The van der Waals surface area contributed by atoms with Gasteiger partial charge in [0.15, 0.2) is 0 Å². The van der Waals surface area contributed by atoms with Crippen molar-refractivity contribution in [2.75, 3.05) is 25.5 Å². The molecule has 2 rings (SSSR count). The predicted molar refractivity (Wildman–Crippen MR) is 75.9 cm³/mol. The van der Waals surface area contributed by atoms with Gasteiger partial charge in [0.2, 0.25) is 5.91 Å². The molecule has 1 aliphatic rings. The summed E-state index contributed by atoms with van der Waals surface area (Å²) in [5.41, 5.74) is 1.22. The molecule has 19 heavy (non-hydrogen) atoms. The second-order valence-corrected chi connectivity index (χ2v) is 5.01. The van der Waals surface area contributed by atoms with Gasteiger partial charge in [0, 0.05) is 51.4 Å². The summed E-state index contributed by atoms with van der Waals surface area (Å²) in [6, 6.07) is 4.42. The van der Waals surface area contributed by atoms with Crippen LogP contribution in [-0.2, 0) is 11.3 Å². The highest BCUT2D eigenvalue weighted by molar-refractivity contribution is 5.73. The minimum Gasteiger partial charge on any atom is -0.373 e. The summed E-state index contributed by atoms with van der Waals surface area (Å²) in [6.45, 7) is 4.53. The van der Waals surface area contributed by atoms with E-state index in [1.165, 1.54) is 5.56 Å². The molecule has 0 spiro atoms. The Morgan fingerprint density at radius 2 is 2.21 bits per heavy atom. The van der Waals surface area contributed by atoms with E-state index in [4.69, 9.17) is 0 Å². The normalized spacial score (nSPS) is 17.2. The van der Waals surface area contributed by atoms with Crippen LogP contribution in [0, 0.1) is 0 Å². The number of nitrogens with zero attached hydrogens (tertiary/aromatic N) is 2. The lowest BCUT2D eigenvalue weighted by atomic mass is 10.0. The van der Waals surface area contributed by atoms with Crippen molar-refractivity contribution >= 4 is 11.7 Å². The number of aromatic nitrogens is 1. The average Bonchev–Trinajstić information content (AvgIpc) is 2.41. The lowest BCUT2D eigenvalue weighted by Gasteiger charge is -2.32. The molecule has 1 aromatic heterocycles. The largest absolute Gasteiger partial charge is 0.373 e. The van der Waals surface area contributed by atoms with Crippen molar-refractivity contribution in [2.45, 2.75) is 32.4 Å². The van der Waals surface area contributed by atoms with Crippen LogP contribution < -0.4 is 10.6 Å². The fourth-order valence-corrected chi connectivity index (χ4v) is 2.56. The van der Waals surface area contributed by atoms with Crippen molar-refractivity contribution in [1.29, 1.82) is 0 Å². The molecule has 2 N–H and O–H groups in total. The van der Waals surface area contributed by atoms with E-state index >= 15 is 0 Å². The minimum absolute atomic E-state index is 0.0724. The van der Waals surface area contributed by atoms with Gasteiger partial charge in [0.1, 0.15) is 5.82 Å². The number of amides is 1. The highest BCUT2D eigenvalue weighted by Gasteiger charge is 2.20. The lowest BCUT2D eigenvalue weighted by Crippen LogP contribution is -2.43. The molecule has 0 radical (unpaired) electrons.